The molecule has 0 bridgehead atoms. The van der Waals surface area contributed by atoms with Crippen molar-refractivity contribution in [1.82, 2.24) is 9.97 Å². The first kappa shape index (κ1) is 11.3. The minimum atomic E-state index is 0.157. The largest absolute Gasteiger partial charge is 0.376 e. The van der Waals surface area contributed by atoms with Gasteiger partial charge in [-0.15, -0.1) is 0 Å². The molecule has 0 saturated heterocycles. The van der Waals surface area contributed by atoms with Crippen LogP contribution in [-0.2, 0) is 0 Å². The summed E-state index contributed by atoms with van der Waals surface area (Å²) in [7, 11) is 0. The number of nitrogens with one attached hydrogen (secondary N) is 1. The molecule has 3 nitrogen and oxygen atoms in total. The van der Waals surface area contributed by atoms with Crippen molar-refractivity contribution in [2.75, 3.05) is 5.32 Å². The maximum absolute atomic E-state index is 4.28. The Labute approximate surface area is 108 Å². The van der Waals surface area contributed by atoms with Gasteiger partial charge in [-0.1, -0.05) is 12.1 Å². The zero-order valence-electron chi connectivity index (χ0n) is 8.89. The Hall–Kier alpha value is -1.17. The summed E-state index contributed by atoms with van der Waals surface area (Å²) >= 11 is 2.31. The summed E-state index contributed by atoms with van der Waals surface area (Å²) < 4.78 is 1.20. The minimum absolute atomic E-state index is 0.157. The van der Waals surface area contributed by atoms with Crippen molar-refractivity contribution < 1.29 is 0 Å². The Kier molecular flexibility index (Phi) is 3.71. The molecule has 0 fully saturated rings. The minimum Gasteiger partial charge on any atom is -0.376 e. The van der Waals surface area contributed by atoms with E-state index in [0.717, 1.165) is 11.4 Å². The van der Waals surface area contributed by atoms with E-state index in [1.54, 1.807) is 18.6 Å². The standard InChI is InChI=1S/C12H12IN3/c1-9(12-8-14-6-7-15-12)16-11-5-3-2-4-10(11)13/h2-9,16H,1H3. The first-order valence-corrected chi connectivity index (χ1v) is 6.12. The van der Waals surface area contributed by atoms with Gasteiger partial charge in [0, 0.05) is 21.7 Å². The van der Waals surface area contributed by atoms with Crippen LogP contribution in [0.2, 0.25) is 0 Å². The summed E-state index contributed by atoms with van der Waals surface area (Å²) in [6, 6.07) is 8.35. The van der Waals surface area contributed by atoms with Crippen LogP contribution in [0, 0.1) is 3.57 Å². The Morgan fingerprint density at radius 3 is 2.75 bits per heavy atom. The Balaban J connectivity index is 2.14. The van der Waals surface area contributed by atoms with E-state index >= 15 is 0 Å². The van der Waals surface area contributed by atoms with E-state index < -0.39 is 0 Å². The molecule has 1 atom stereocenters. The molecule has 1 unspecified atom stereocenters. The molecular weight excluding hydrogens is 313 g/mol. The smallest absolute Gasteiger partial charge is 0.0806 e. The molecule has 0 aliphatic heterocycles. The second-order valence-corrected chi connectivity index (χ2v) is 4.64. The maximum Gasteiger partial charge on any atom is 0.0806 e. The van der Waals surface area contributed by atoms with E-state index in [4.69, 9.17) is 0 Å². The zero-order valence-corrected chi connectivity index (χ0v) is 11.0. The first-order chi connectivity index (χ1) is 7.77. The molecule has 82 valence electrons. The average molecular weight is 325 g/mol. The van der Waals surface area contributed by atoms with Crippen LogP contribution in [0.1, 0.15) is 18.7 Å². The van der Waals surface area contributed by atoms with Gasteiger partial charge in [-0.2, -0.15) is 0 Å². The molecule has 1 aromatic carbocycles. The molecular formula is C12H12IN3. The number of benzene rings is 1. The fourth-order valence-electron chi connectivity index (χ4n) is 1.42. The Morgan fingerprint density at radius 1 is 1.25 bits per heavy atom. The van der Waals surface area contributed by atoms with E-state index in [9.17, 15) is 0 Å². The van der Waals surface area contributed by atoms with Crippen molar-refractivity contribution in [3.8, 4) is 0 Å². The van der Waals surface area contributed by atoms with Crippen LogP contribution in [0.5, 0.6) is 0 Å². The molecule has 1 N–H and O–H groups in total. The van der Waals surface area contributed by atoms with Gasteiger partial charge < -0.3 is 5.32 Å². The number of anilines is 1. The van der Waals surface area contributed by atoms with E-state index in [1.165, 1.54) is 3.57 Å². The molecule has 0 aliphatic carbocycles. The fourth-order valence-corrected chi connectivity index (χ4v) is 1.96. The predicted octanol–water partition coefficient (Wildman–Crippen LogP) is 3.25. The molecule has 2 rings (SSSR count). The van der Waals surface area contributed by atoms with Gasteiger partial charge in [-0.05, 0) is 41.6 Å². The topological polar surface area (TPSA) is 37.8 Å². The van der Waals surface area contributed by atoms with Gasteiger partial charge >= 0.3 is 0 Å². The lowest BCUT2D eigenvalue weighted by atomic mass is 10.2. The summed E-state index contributed by atoms with van der Waals surface area (Å²) in [6.07, 6.45) is 5.18. The Morgan fingerprint density at radius 2 is 2.06 bits per heavy atom. The van der Waals surface area contributed by atoms with Crippen molar-refractivity contribution in [3.05, 3.63) is 52.1 Å². The normalized spacial score (nSPS) is 12.1. The van der Waals surface area contributed by atoms with Gasteiger partial charge in [-0.25, -0.2) is 0 Å². The van der Waals surface area contributed by atoms with E-state index in [-0.39, 0.29) is 6.04 Å². The van der Waals surface area contributed by atoms with Crippen molar-refractivity contribution in [2.24, 2.45) is 0 Å². The molecule has 0 saturated carbocycles. The quantitative estimate of drug-likeness (QED) is 0.881. The van der Waals surface area contributed by atoms with Gasteiger partial charge in [0.2, 0.25) is 0 Å². The molecule has 0 radical (unpaired) electrons. The lowest BCUT2D eigenvalue weighted by Crippen LogP contribution is -2.09. The second-order valence-electron chi connectivity index (χ2n) is 3.48. The van der Waals surface area contributed by atoms with Crippen LogP contribution in [0.4, 0.5) is 5.69 Å². The van der Waals surface area contributed by atoms with Crippen LogP contribution in [0.25, 0.3) is 0 Å². The van der Waals surface area contributed by atoms with Crippen molar-refractivity contribution in [1.29, 1.82) is 0 Å². The number of halogens is 1. The summed E-state index contributed by atoms with van der Waals surface area (Å²) in [5.41, 5.74) is 2.07. The fraction of sp³-hybridized carbons (Fsp3) is 0.167. The summed E-state index contributed by atoms with van der Waals surface area (Å²) in [4.78, 5) is 8.34. The number of rotatable bonds is 3. The molecule has 2 aromatic rings. The molecule has 0 aliphatic rings. The highest BCUT2D eigenvalue weighted by molar-refractivity contribution is 14.1. The van der Waals surface area contributed by atoms with Crippen LogP contribution in [0.3, 0.4) is 0 Å². The monoisotopic (exact) mass is 325 g/mol. The highest BCUT2D eigenvalue weighted by atomic mass is 127. The third-order valence-corrected chi connectivity index (χ3v) is 3.21. The van der Waals surface area contributed by atoms with Crippen LogP contribution in [-0.4, -0.2) is 9.97 Å². The molecule has 1 aromatic heterocycles. The van der Waals surface area contributed by atoms with E-state index in [2.05, 4.69) is 56.9 Å². The van der Waals surface area contributed by atoms with Crippen molar-refractivity contribution in [3.63, 3.8) is 0 Å². The number of hydrogen-bond acceptors (Lipinski definition) is 3. The van der Waals surface area contributed by atoms with Gasteiger partial charge in [0.05, 0.1) is 17.9 Å². The van der Waals surface area contributed by atoms with Crippen LogP contribution >= 0.6 is 22.6 Å². The lowest BCUT2D eigenvalue weighted by Gasteiger charge is -2.15. The predicted molar refractivity (Wildman–Crippen MR) is 73.2 cm³/mol. The molecule has 0 spiro atoms. The van der Waals surface area contributed by atoms with Gasteiger partial charge in [0.25, 0.3) is 0 Å². The highest BCUT2D eigenvalue weighted by Crippen LogP contribution is 2.21. The van der Waals surface area contributed by atoms with Crippen LogP contribution in [0.15, 0.2) is 42.9 Å². The maximum atomic E-state index is 4.28. The average Bonchev–Trinajstić information content (AvgIpc) is 2.33. The Bertz CT molecular complexity index is 459. The SMILES string of the molecule is CC(Nc1ccccc1I)c1cnccn1. The number of aromatic nitrogens is 2. The number of hydrogen-bond donors (Lipinski definition) is 1. The highest BCUT2D eigenvalue weighted by Gasteiger charge is 2.07. The van der Waals surface area contributed by atoms with E-state index in [0.29, 0.717) is 0 Å². The molecule has 1 heterocycles. The first-order valence-electron chi connectivity index (χ1n) is 5.04. The van der Waals surface area contributed by atoms with E-state index in [1.807, 2.05) is 12.1 Å². The molecule has 4 heteroatoms. The van der Waals surface area contributed by atoms with Crippen LogP contribution < -0.4 is 5.32 Å². The summed E-state index contributed by atoms with van der Waals surface area (Å²) in [5.74, 6) is 0. The second kappa shape index (κ2) is 5.25. The molecule has 0 amide bonds. The number of nitrogens with zero attached hydrogens (tertiary/aromatic N) is 2. The summed E-state index contributed by atoms with van der Waals surface area (Å²) in [6.45, 7) is 2.08. The van der Waals surface area contributed by atoms with Gasteiger partial charge in [-0.3, -0.25) is 9.97 Å². The van der Waals surface area contributed by atoms with Gasteiger partial charge in [0.15, 0.2) is 0 Å². The third kappa shape index (κ3) is 2.69. The van der Waals surface area contributed by atoms with Crippen molar-refractivity contribution >= 4 is 28.3 Å². The lowest BCUT2D eigenvalue weighted by molar-refractivity contribution is 0.826. The number of para-hydroxylation sites is 1. The van der Waals surface area contributed by atoms with Gasteiger partial charge in [0.1, 0.15) is 0 Å². The van der Waals surface area contributed by atoms with Crippen molar-refractivity contribution in [2.45, 2.75) is 13.0 Å². The zero-order chi connectivity index (χ0) is 11.4. The third-order valence-electron chi connectivity index (χ3n) is 2.27. The summed E-state index contributed by atoms with van der Waals surface area (Å²) in [5, 5.41) is 3.42. The molecule has 16 heavy (non-hydrogen) atoms.